The zero-order valence-electron chi connectivity index (χ0n) is 10.8. The van der Waals surface area contributed by atoms with Crippen LogP contribution in [0.5, 0.6) is 5.75 Å². The monoisotopic (exact) mass is 236 g/mol. The van der Waals surface area contributed by atoms with Gasteiger partial charge in [-0.1, -0.05) is 12.1 Å². The highest BCUT2D eigenvalue weighted by molar-refractivity contribution is 5.80. The molecule has 0 spiro atoms. The number of nitrogens with one attached hydrogen (secondary N) is 2. The molecule has 2 N–H and O–H groups in total. The number of amides is 1. The number of rotatable bonds is 5. The first-order chi connectivity index (χ1) is 8.08. The van der Waals surface area contributed by atoms with Crippen molar-refractivity contribution in [1.29, 1.82) is 0 Å². The Bertz CT molecular complexity index is 362. The van der Waals surface area contributed by atoms with Gasteiger partial charge in [0.1, 0.15) is 5.75 Å². The number of hydrogen-bond donors (Lipinski definition) is 2. The van der Waals surface area contributed by atoms with Gasteiger partial charge < -0.3 is 10.1 Å². The van der Waals surface area contributed by atoms with Gasteiger partial charge in [-0.3, -0.25) is 10.1 Å². The van der Waals surface area contributed by atoms with E-state index in [0.717, 1.165) is 11.3 Å². The molecule has 4 nitrogen and oxygen atoms in total. The third-order valence-corrected chi connectivity index (χ3v) is 2.76. The minimum absolute atomic E-state index is 0.00892. The fourth-order valence-electron chi connectivity index (χ4n) is 1.66. The molecule has 0 aliphatic heterocycles. The van der Waals surface area contributed by atoms with E-state index >= 15 is 0 Å². The van der Waals surface area contributed by atoms with E-state index in [2.05, 4.69) is 10.6 Å². The van der Waals surface area contributed by atoms with Crippen LogP contribution in [0.3, 0.4) is 0 Å². The molecule has 0 aromatic heterocycles. The highest BCUT2D eigenvalue weighted by Gasteiger charge is 2.14. The number of likely N-dealkylation sites (N-methyl/N-ethyl adjacent to an activating group) is 1. The topological polar surface area (TPSA) is 50.4 Å². The maximum Gasteiger partial charge on any atom is 0.236 e. The molecule has 1 rings (SSSR count). The minimum Gasteiger partial charge on any atom is -0.497 e. The van der Waals surface area contributed by atoms with Crippen molar-refractivity contribution in [2.45, 2.75) is 25.9 Å². The number of carbonyl (C=O) groups is 1. The lowest BCUT2D eigenvalue weighted by Gasteiger charge is -2.19. The van der Waals surface area contributed by atoms with Crippen molar-refractivity contribution in [2.75, 3.05) is 14.2 Å². The summed E-state index contributed by atoms with van der Waals surface area (Å²) in [5, 5.41) is 5.85. The second kappa shape index (κ2) is 6.25. The lowest BCUT2D eigenvalue weighted by Crippen LogP contribution is -2.41. The maximum atomic E-state index is 11.4. The van der Waals surface area contributed by atoms with E-state index in [-0.39, 0.29) is 18.0 Å². The normalized spacial score (nSPS) is 13.9. The van der Waals surface area contributed by atoms with Crippen LogP contribution in [0.2, 0.25) is 0 Å². The lowest BCUT2D eigenvalue weighted by molar-refractivity contribution is -0.122. The Morgan fingerprint density at radius 2 is 1.82 bits per heavy atom. The highest BCUT2D eigenvalue weighted by Crippen LogP contribution is 2.17. The molecule has 0 heterocycles. The number of benzene rings is 1. The first-order valence-electron chi connectivity index (χ1n) is 5.70. The Morgan fingerprint density at radius 3 is 2.29 bits per heavy atom. The van der Waals surface area contributed by atoms with E-state index in [4.69, 9.17) is 4.74 Å². The number of hydrogen-bond acceptors (Lipinski definition) is 3. The fourth-order valence-corrected chi connectivity index (χ4v) is 1.66. The van der Waals surface area contributed by atoms with Crippen molar-refractivity contribution < 1.29 is 9.53 Å². The van der Waals surface area contributed by atoms with Crippen LogP contribution in [0.25, 0.3) is 0 Å². The van der Waals surface area contributed by atoms with E-state index in [0.29, 0.717) is 0 Å². The van der Waals surface area contributed by atoms with Gasteiger partial charge in [0.25, 0.3) is 0 Å². The lowest BCUT2D eigenvalue weighted by atomic mass is 10.1. The third-order valence-electron chi connectivity index (χ3n) is 2.76. The van der Waals surface area contributed by atoms with Crippen molar-refractivity contribution in [3.05, 3.63) is 29.8 Å². The van der Waals surface area contributed by atoms with Crippen molar-refractivity contribution in [3.8, 4) is 5.75 Å². The van der Waals surface area contributed by atoms with Crippen molar-refractivity contribution >= 4 is 5.91 Å². The van der Waals surface area contributed by atoms with E-state index in [1.54, 1.807) is 14.2 Å². The van der Waals surface area contributed by atoms with Gasteiger partial charge in [0.15, 0.2) is 0 Å². The summed E-state index contributed by atoms with van der Waals surface area (Å²) in [6.45, 7) is 3.88. The molecule has 2 atom stereocenters. The average Bonchev–Trinajstić information content (AvgIpc) is 2.37. The first-order valence-corrected chi connectivity index (χ1v) is 5.70. The molecular formula is C13H20N2O2. The zero-order valence-corrected chi connectivity index (χ0v) is 10.8. The summed E-state index contributed by atoms with van der Waals surface area (Å²) in [7, 11) is 3.28. The second-order valence-electron chi connectivity index (χ2n) is 4.00. The van der Waals surface area contributed by atoms with Gasteiger partial charge in [-0.05, 0) is 31.5 Å². The molecule has 1 amide bonds. The van der Waals surface area contributed by atoms with Crippen LogP contribution < -0.4 is 15.4 Å². The number of ether oxygens (including phenoxy) is 1. The first kappa shape index (κ1) is 13.5. The quantitative estimate of drug-likeness (QED) is 0.814. The van der Waals surface area contributed by atoms with E-state index < -0.39 is 0 Å². The van der Waals surface area contributed by atoms with Crippen molar-refractivity contribution in [1.82, 2.24) is 10.6 Å². The molecule has 17 heavy (non-hydrogen) atoms. The van der Waals surface area contributed by atoms with Crippen LogP contribution in [0, 0.1) is 0 Å². The Hall–Kier alpha value is -1.55. The molecule has 0 aliphatic carbocycles. The Kier molecular flexibility index (Phi) is 4.97. The molecule has 1 aromatic carbocycles. The standard InChI is InChI=1S/C13H20N2O2/c1-9(15-10(2)13(16)14-3)11-5-7-12(17-4)8-6-11/h5-10,15H,1-4H3,(H,14,16)/t9-,10?/m0/s1. The average molecular weight is 236 g/mol. The third kappa shape index (κ3) is 3.75. The predicted molar refractivity (Wildman–Crippen MR) is 68.1 cm³/mol. The van der Waals surface area contributed by atoms with Gasteiger partial charge >= 0.3 is 0 Å². The van der Waals surface area contributed by atoms with E-state index in [1.165, 1.54) is 0 Å². The minimum atomic E-state index is -0.211. The number of carbonyl (C=O) groups excluding carboxylic acids is 1. The predicted octanol–water partition coefficient (Wildman–Crippen LogP) is 1.48. The molecular weight excluding hydrogens is 216 g/mol. The van der Waals surface area contributed by atoms with Gasteiger partial charge in [0.2, 0.25) is 5.91 Å². The van der Waals surface area contributed by atoms with Crippen LogP contribution in [0.1, 0.15) is 25.5 Å². The number of methoxy groups -OCH3 is 1. The molecule has 4 heteroatoms. The molecule has 0 aliphatic rings. The van der Waals surface area contributed by atoms with Gasteiger partial charge in [-0.15, -0.1) is 0 Å². The van der Waals surface area contributed by atoms with Crippen molar-refractivity contribution in [3.63, 3.8) is 0 Å². The van der Waals surface area contributed by atoms with Crippen LogP contribution in [-0.2, 0) is 4.79 Å². The summed E-state index contributed by atoms with van der Waals surface area (Å²) in [6.07, 6.45) is 0. The highest BCUT2D eigenvalue weighted by atomic mass is 16.5. The van der Waals surface area contributed by atoms with E-state index in [9.17, 15) is 4.79 Å². The SMILES string of the molecule is CNC(=O)C(C)N[C@@H](C)c1ccc(OC)cc1. The van der Waals surface area contributed by atoms with Crippen LogP contribution in [-0.4, -0.2) is 26.1 Å². The largest absolute Gasteiger partial charge is 0.497 e. The van der Waals surface area contributed by atoms with Gasteiger partial charge in [0, 0.05) is 13.1 Å². The molecule has 0 saturated carbocycles. The summed E-state index contributed by atoms with van der Waals surface area (Å²) < 4.78 is 5.10. The Labute approximate surface area is 102 Å². The summed E-state index contributed by atoms with van der Waals surface area (Å²) in [5.41, 5.74) is 1.13. The molecule has 1 unspecified atom stereocenters. The van der Waals surface area contributed by atoms with Crippen LogP contribution in [0.4, 0.5) is 0 Å². The smallest absolute Gasteiger partial charge is 0.236 e. The second-order valence-corrected chi connectivity index (χ2v) is 4.00. The Balaban J connectivity index is 2.62. The molecule has 94 valence electrons. The fraction of sp³-hybridized carbons (Fsp3) is 0.462. The van der Waals surface area contributed by atoms with Crippen LogP contribution >= 0.6 is 0 Å². The zero-order chi connectivity index (χ0) is 12.8. The summed E-state index contributed by atoms with van der Waals surface area (Å²) >= 11 is 0. The summed E-state index contributed by atoms with van der Waals surface area (Å²) in [4.78, 5) is 11.4. The summed E-state index contributed by atoms with van der Waals surface area (Å²) in [6, 6.07) is 7.72. The van der Waals surface area contributed by atoms with Gasteiger partial charge in [-0.25, -0.2) is 0 Å². The van der Waals surface area contributed by atoms with Gasteiger partial charge in [-0.2, -0.15) is 0 Å². The Morgan fingerprint density at radius 1 is 1.24 bits per heavy atom. The van der Waals surface area contributed by atoms with E-state index in [1.807, 2.05) is 38.1 Å². The molecule has 0 radical (unpaired) electrons. The van der Waals surface area contributed by atoms with Gasteiger partial charge in [0.05, 0.1) is 13.2 Å². The summed E-state index contributed by atoms with van der Waals surface area (Å²) in [5.74, 6) is 0.825. The van der Waals surface area contributed by atoms with Crippen LogP contribution in [0.15, 0.2) is 24.3 Å². The molecule has 1 aromatic rings. The molecule has 0 saturated heterocycles. The maximum absolute atomic E-state index is 11.4. The molecule has 0 bridgehead atoms. The van der Waals surface area contributed by atoms with Crippen molar-refractivity contribution in [2.24, 2.45) is 0 Å². The molecule has 0 fully saturated rings.